The van der Waals surface area contributed by atoms with Crippen LogP contribution in [0.4, 0.5) is 0 Å². The summed E-state index contributed by atoms with van der Waals surface area (Å²) in [6.07, 6.45) is 1.46. The van der Waals surface area contributed by atoms with E-state index in [-0.39, 0.29) is 35.7 Å². The quantitative estimate of drug-likeness (QED) is 0.782. The van der Waals surface area contributed by atoms with Gasteiger partial charge >= 0.3 is 5.97 Å². The summed E-state index contributed by atoms with van der Waals surface area (Å²) in [6.45, 7) is 2.79. The zero-order chi connectivity index (χ0) is 17.5. The van der Waals surface area contributed by atoms with E-state index in [0.29, 0.717) is 26.1 Å². The van der Waals surface area contributed by atoms with Crippen LogP contribution in [0.3, 0.4) is 0 Å². The van der Waals surface area contributed by atoms with E-state index in [2.05, 4.69) is 0 Å². The SMILES string of the molecule is CCOC(=O)C1CCCN(C(=O)COc2ccccc2C(N)=O)C1. The molecule has 1 fully saturated rings. The number of hydrogen-bond acceptors (Lipinski definition) is 5. The minimum absolute atomic E-state index is 0.208. The molecule has 1 unspecified atom stereocenters. The van der Waals surface area contributed by atoms with Crippen molar-refractivity contribution in [1.29, 1.82) is 0 Å². The number of ether oxygens (including phenoxy) is 2. The molecule has 1 heterocycles. The topological polar surface area (TPSA) is 98.9 Å². The Bertz CT molecular complexity index is 617. The van der Waals surface area contributed by atoms with E-state index >= 15 is 0 Å². The number of likely N-dealkylation sites (tertiary alicyclic amines) is 1. The second kappa shape index (κ2) is 8.33. The number of nitrogens with two attached hydrogens (primary N) is 1. The zero-order valence-corrected chi connectivity index (χ0v) is 13.7. The van der Waals surface area contributed by atoms with Gasteiger partial charge < -0.3 is 20.1 Å². The number of hydrogen-bond donors (Lipinski definition) is 1. The molecule has 0 aromatic heterocycles. The van der Waals surface area contributed by atoms with Crippen molar-refractivity contribution in [2.24, 2.45) is 11.7 Å². The van der Waals surface area contributed by atoms with Crippen molar-refractivity contribution < 1.29 is 23.9 Å². The fourth-order valence-electron chi connectivity index (χ4n) is 2.68. The molecule has 0 bridgehead atoms. The van der Waals surface area contributed by atoms with Gasteiger partial charge in [0.25, 0.3) is 11.8 Å². The van der Waals surface area contributed by atoms with E-state index in [0.717, 1.165) is 6.42 Å². The molecular formula is C17H22N2O5. The molecule has 130 valence electrons. The van der Waals surface area contributed by atoms with Crippen molar-refractivity contribution in [2.75, 3.05) is 26.3 Å². The first-order valence-electron chi connectivity index (χ1n) is 7.99. The van der Waals surface area contributed by atoms with Crippen molar-refractivity contribution in [2.45, 2.75) is 19.8 Å². The first-order valence-corrected chi connectivity index (χ1v) is 7.99. The van der Waals surface area contributed by atoms with E-state index in [1.165, 1.54) is 0 Å². The minimum atomic E-state index is -0.613. The maximum absolute atomic E-state index is 12.3. The standard InChI is InChI=1S/C17H22N2O5/c1-2-23-17(22)12-6-5-9-19(10-12)15(20)11-24-14-8-4-3-7-13(14)16(18)21/h3-4,7-8,12H,2,5-6,9-11H2,1H3,(H2,18,21). The van der Waals surface area contributed by atoms with Crippen LogP contribution in [0.25, 0.3) is 0 Å². The third kappa shape index (κ3) is 4.47. The van der Waals surface area contributed by atoms with Crippen LogP contribution in [0.15, 0.2) is 24.3 Å². The molecule has 1 saturated heterocycles. The lowest BCUT2D eigenvalue weighted by molar-refractivity contribution is -0.151. The van der Waals surface area contributed by atoms with Crippen molar-refractivity contribution in [1.82, 2.24) is 4.90 Å². The molecule has 2 amide bonds. The Morgan fingerprint density at radius 3 is 2.75 bits per heavy atom. The monoisotopic (exact) mass is 334 g/mol. The molecule has 0 aliphatic carbocycles. The number of carbonyl (C=O) groups excluding carboxylic acids is 3. The Balaban J connectivity index is 1.93. The summed E-state index contributed by atoms with van der Waals surface area (Å²) in [6, 6.07) is 6.50. The highest BCUT2D eigenvalue weighted by atomic mass is 16.5. The third-order valence-electron chi connectivity index (χ3n) is 3.90. The second-order valence-corrected chi connectivity index (χ2v) is 5.58. The Morgan fingerprint density at radius 2 is 2.04 bits per heavy atom. The first kappa shape index (κ1) is 17.8. The van der Waals surface area contributed by atoms with Crippen LogP contribution in [0.5, 0.6) is 5.75 Å². The smallest absolute Gasteiger partial charge is 0.310 e. The molecule has 0 spiro atoms. The van der Waals surface area contributed by atoms with Gasteiger partial charge in [-0.2, -0.15) is 0 Å². The summed E-state index contributed by atoms with van der Waals surface area (Å²) >= 11 is 0. The number of carbonyl (C=O) groups is 3. The Kier molecular flexibility index (Phi) is 6.17. The van der Waals surface area contributed by atoms with Crippen molar-refractivity contribution in [3.8, 4) is 5.75 Å². The Morgan fingerprint density at radius 1 is 1.29 bits per heavy atom. The predicted octanol–water partition coefficient (Wildman–Crippen LogP) is 0.966. The number of amides is 2. The van der Waals surface area contributed by atoms with Crippen LogP contribution < -0.4 is 10.5 Å². The molecule has 1 aliphatic rings. The van der Waals surface area contributed by atoms with Gasteiger partial charge in [0.1, 0.15) is 5.75 Å². The van der Waals surface area contributed by atoms with Gasteiger partial charge in [0.15, 0.2) is 6.61 Å². The van der Waals surface area contributed by atoms with Crippen LogP contribution in [-0.2, 0) is 14.3 Å². The second-order valence-electron chi connectivity index (χ2n) is 5.58. The zero-order valence-electron chi connectivity index (χ0n) is 13.7. The number of benzene rings is 1. The van der Waals surface area contributed by atoms with E-state index < -0.39 is 5.91 Å². The van der Waals surface area contributed by atoms with E-state index in [9.17, 15) is 14.4 Å². The normalized spacial score (nSPS) is 17.2. The van der Waals surface area contributed by atoms with Crippen LogP contribution in [0.1, 0.15) is 30.1 Å². The van der Waals surface area contributed by atoms with Gasteiger partial charge in [-0.3, -0.25) is 14.4 Å². The molecule has 0 saturated carbocycles. The largest absolute Gasteiger partial charge is 0.483 e. The maximum Gasteiger partial charge on any atom is 0.310 e. The molecule has 1 aromatic carbocycles. The number of esters is 1. The van der Waals surface area contributed by atoms with Gasteiger partial charge in [-0.25, -0.2) is 0 Å². The summed E-state index contributed by atoms with van der Waals surface area (Å²) in [4.78, 5) is 37.1. The Labute approximate surface area is 140 Å². The molecular weight excluding hydrogens is 312 g/mol. The first-order chi connectivity index (χ1) is 11.5. The molecule has 24 heavy (non-hydrogen) atoms. The highest BCUT2D eigenvalue weighted by Crippen LogP contribution is 2.20. The van der Waals surface area contributed by atoms with E-state index in [1.54, 1.807) is 36.1 Å². The number of piperidine rings is 1. The average Bonchev–Trinajstić information content (AvgIpc) is 2.60. The predicted molar refractivity (Wildman–Crippen MR) is 86.4 cm³/mol. The van der Waals surface area contributed by atoms with Crippen LogP contribution in [0, 0.1) is 5.92 Å². The molecule has 7 nitrogen and oxygen atoms in total. The average molecular weight is 334 g/mol. The lowest BCUT2D eigenvalue weighted by Crippen LogP contribution is -2.44. The van der Waals surface area contributed by atoms with Gasteiger partial charge in [0.2, 0.25) is 0 Å². The van der Waals surface area contributed by atoms with Crippen molar-refractivity contribution in [3.05, 3.63) is 29.8 Å². The van der Waals surface area contributed by atoms with Crippen LogP contribution >= 0.6 is 0 Å². The van der Waals surface area contributed by atoms with E-state index in [1.807, 2.05) is 0 Å². The molecule has 1 aromatic rings. The van der Waals surface area contributed by atoms with Gasteiger partial charge in [-0.05, 0) is 31.9 Å². The summed E-state index contributed by atoms with van der Waals surface area (Å²) in [5, 5.41) is 0. The molecule has 1 atom stereocenters. The molecule has 1 aliphatic heterocycles. The molecule has 2 N–H and O–H groups in total. The summed E-state index contributed by atoms with van der Waals surface area (Å²) in [7, 11) is 0. The minimum Gasteiger partial charge on any atom is -0.483 e. The van der Waals surface area contributed by atoms with Crippen LogP contribution in [0.2, 0.25) is 0 Å². The number of nitrogens with zero attached hydrogens (tertiary/aromatic N) is 1. The summed E-state index contributed by atoms with van der Waals surface area (Å²) in [5.41, 5.74) is 5.51. The van der Waals surface area contributed by atoms with Crippen LogP contribution in [-0.4, -0.2) is 49.0 Å². The number of rotatable bonds is 6. The Hall–Kier alpha value is -2.57. The van der Waals surface area contributed by atoms with Crippen molar-refractivity contribution in [3.63, 3.8) is 0 Å². The third-order valence-corrected chi connectivity index (χ3v) is 3.90. The lowest BCUT2D eigenvalue weighted by atomic mass is 9.98. The highest BCUT2D eigenvalue weighted by molar-refractivity contribution is 5.95. The van der Waals surface area contributed by atoms with E-state index in [4.69, 9.17) is 15.2 Å². The molecule has 2 rings (SSSR count). The number of primary amides is 1. The fraction of sp³-hybridized carbons (Fsp3) is 0.471. The van der Waals surface area contributed by atoms with Crippen molar-refractivity contribution >= 4 is 17.8 Å². The molecule has 0 radical (unpaired) electrons. The summed E-state index contributed by atoms with van der Waals surface area (Å²) < 4.78 is 10.5. The highest BCUT2D eigenvalue weighted by Gasteiger charge is 2.29. The van der Waals surface area contributed by atoms with Gasteiger partial charge in [-0.15, -0.1) is 0 Å². The maximum atomic E-state index is 12.3. The summed E-state index contributed by atoms with van der Waals surface area (Å²) in [5.74, 6) is -1.13. The van der Waals surface area contributed by atoms with Gasteiger partial charge in [0.05, 0.1) is 18.1 Å². The van der Waals surface area contributed by atoms with Gasteiger partial charge in [0, 0.05) is 13.1 Å². The fourth-order valence-corrected chi connectivity index (χ4v) is 2.68. The lowest BCUT2D eigenvalue weighted by Gasteiger charge is -2.31. The van der Waals surface area contributed by atoms with Gasteiger partial charge in [-0.1, -0.05) is 12.1 Å². The number of para-hydroxylation sites is 1. The molecule has 7 heteroatoms.